The number of hydrogen-bond acceptors (Lipinski definition) is 4. The lowest BCUT2D eigenvalue weighted by atomic mass is 10.1. The second-order valence-corrected chi connectivity index (χ2v) is 5.11. The predicted molar refractivity (Wildman–Crippen MR) is 89.5 cm³/mol. The number of hydrogen-bond donors (Lipinski definition) is 2. The minimum Gasteiger partial charge on any atom is -0.355 e. The largest absolute Gasteiger partial charge is 0.355 e. The number of benzene rings is 2. The summed E-state index contributed by atoms with van der Waals surface area (Å²) in [6.07, 6.45) is 0.391. The van der Waals surface area contributed by atoms with Gasteiger partial charge in [0.1, 0.15) is 0 Å². The Bertz CT molecular complexity index is 714. The summed E-state index contributed by atoms with van der Waals surface area (Å²) in [4.78, 5) is 33.6. The molecule has 0 saturated carbocycles. The summed E-state index contributed by atoms with van der Waals surface area (Å²) in [6, 6.07) is 14.9. The summed E-state index contributed by atoms with van der Waals surface area (Å²) >= 11 is 0. The van der Waals surface area contributed by atoms with Gasteiger partial charge in [0, 0.05) is 30.8 Å². The van der Waals surface area contributed by atoms with Crippen LogP contribution in [0.5, 0.6) is 0 Å². The number of carbonyl (C=O) groups excluding carboxylic acids is 2. The standard InChI is InChI=1S/C17H17N3O4/c21-16(19-14-6-8-15(9-7-14)20(23)24)10-11-18-17(22)12-13-4-2-1-3-5-13/h1-9H,10-12H2,(H,18,22)(H,19,21). The highest BCUT2D eigenvalue weighted by Gasteiger charge is 2.07. The molecular formula is C17H17N3O4. The minimum atomic E-state index is -0.506. The number of rotatable bonds is 7. The molecule has 0 fully saturated rings. The van der Waals surface area contributed by atoms with E-state index in [9.17, 15) is 19.7 Å². The molecule has 0 radical (unpaired) electrons. The first-order valence-corrected chi connectivity index (χ1v) is 7.39. The molecule has 24 heavy (non-hydrogen) atoms. The van der Waals surface area contributed by atoms with Gasteiger partial charge in [0.05, 0.1) is 11.3 Å². The molecule has 124 valence electrons. The first-order valence-electron chi connectivity index (χ1n) is 7.39. The Morgan fingerprint density at radius 1 is 0.958 bits per heavy atom. The molecule has 0 heterocycles. The molecule has 7 heteroatoms. The van der Waals surface area contributed by atoms with E-state index in [1.54, 1.807) is 0 Å². The monoisotopic (exact) mass is 327 g/mol. The lowest BCUT2D eigenvalue weighted by Crippen LogP contribution is -2.28. The Morgan fingerprint density at radius 3 is 2.25 bits per heavy atom. The molecule has 0 aliphatic carbocycles. The van der Waals surface area contributed by atoms with Crippen molar-refractivity contribution in [2.45, 2.75) is 12.8 Å². The molecule has 0 spiro atoms. The van der Waals surface area contributed by atoms with E-state index in [0.29, 0.717) is 5.69 Å². The van der Waals surface area contributed by atoms with Crippen molar-refractivity contribution in [2.75, 3.05) is 11.9 Å². The Labute approximate surface area is 138 Å². The SMILES string of the molecule is O=C(Cc1ccccc1)NCCC(=O)Nc1ccc([N+](=O)[O-])cc1. The zero-order valence-corrected chi connectivity index (χ0v) is 12.9. The van der Waals surface area contributed by atoms with Crippen LogP contribution in [0.25, 0.3) is 0 Å². The van der Waals surface area contributed by atoms with Gasteiger partial charge in [-0.05, 0) is 17.7 Å². The van der Waals surface area contributed by atoms with Gasteiger partial charge < -0.3 is 10.6 Å². The molecule has 0 unspecified atom stereocenters. The van der Waals surface area contributed by atoms with Gasteiger partial charge in [-0.25, -0.2) is 0 Å². The number of carbonyl (C=O) groups is 2. The molecule has 0 aliphatic rings. The smallest absolute Gasteiger partial charge is 0.269 e. The normalized spacial score (nSPS) is 10.0. The van der Waals surface area contributed by atoms with E-state index in [1.165, 1.54) is 24.3 Å². The van der Waals surface area contributed by atoms with Crippen molar-refractivity contribution < 1.29 is 14.5 Å². The van der Waals surface area contributed by atoms with Gasteiger partial charge in [-0.2, -0.15) is 0 Å². The maximum Gasteiger partial charge on any atom is 0.269 e. The van der Waals surface area contributed by atoms with Crippen molar-refractivity contribution in [2.24, 2.45) is 0 Å². The fourth-order valence-corrected chi connectivity index (χ4v) is 2.05. The molecule has 0 atom stereocenters. The maximum absolute atomic E-state index is 11.8. The van der Waals surface area contributed by atoms with Crippen LogP contribution in [0.1, 0.15) is 12.0 Å². The molecule has 2 amide bonds. The first kappa shape index (κ1) is 17.1. The Morgan fingerprint density at radius 2 is 1.62 bits per heavy atom. The number of nitro groups is 1. The first-order chi connectivity index (χ1) is 11.5. The van der Waals surface area contributed by atoms with Crippen molar-refractivity contribution in [3.63, 3.8) is 0 Å². The van der Waals surface area contributed by atoms with Gasteiger partial charge in [-0.1, -0.05) is 30.3 Å². The third-order valence-electron chi connectivity index (χ3n) is 3.24. The van der Waals surface area contributed by atoms with E-state index in [2.05, 4.69) is 10.6 Å². The number of nitro benzene ring substituents is 1. The van der Waals surface area contributed by atoms with E-state index in [-0.39, 0.29) is 36.9 Å². The number of non-ortho nitro benzene ring substituents is 1. The fraction of sp³-hybridized carbons (Fsp3) is 0.176. The Hall–Kier alpha value is -3.22. The van der Waals surface area contributed by atoms with Crippen LogP contribution < -0.4 is 10.6 Å². The van der Waals surface area contributed by atoms with Gasteiger partial charge in [-0.3, -0.25) is 19.7 Å². The summed E-state index contributed by atoms with van der Waals surface area (Å²) in [6.45, 7) is 0.227. The lowest BCUT2D eigenvalue weighted by Gasteiger charge is -2.07. The molecular weight excluding hydrogens is 310 g/mol. The van der Waals surface area contributed by atoms with Crippen LogP contribution in [-0.4, -0.2) is 23.3 Å². The van der Waals surface area contributed by atoms with Crippen LogP contribution in [0.4, 0.5) is 11.4 Å². The van der Waals surface area contributed by atoms with Crippen molar-refractivity contribution in [3.8, 4) is 0 Å². The van der Waals surface area contributed by atoms with Crippen LogP contribution in [0.15, 0.2) is 54.6 Å². The molecule has 2 N–H and O–H groups in total. The van der Waals surface area contributed by atoms with Gasteiger partial charge in [-0.15, -0.1) is 0 Å². The zero-order valence-electron chi connectivity index (χ0n) is 12.9. The van der Waals surface area contributed by atoms with E-state index in [4.69, 9.17) is 0 Å². The molecule has 0 aliphatic heterocycles. The number of amides is 2. The molecule has 0 saturated heterocycles. The van der Waals surface area contributed by atoms with Crippen molar-refractivity contribution in [1.82, 2.24) is 5.32 Å². The van der Waals surface area contributed by atoms with Crippen molar-refractivity contribution >= 4 is 23.2 Å². The number of nitrogens with zero attached hydrogens (tertiary/aromatic N) is 1. The van der Waals surface area contributed by atoms with Crippen molar-refractivity contribution in [3.05, 3.63) is 70.3 Å². The summed E-state index contributed by atoms with van der Waals surface area (Å²) in [5, 5.41) is 15.9. The topological polar surface area (TPSA) is 101 Å². The van der Waals surface area contributed by atoms with Crippen LogP contribution in [0.2, 0.25) is 0 Å². The van der Waals surface area contributed by atoms with Crippen LogP contribution >= 0.6 is 0 Å². The maximum atomic E-state index is 11.8. The van der Waals surface area contributed by atoms with Crippen molar-refractivity contribution in [1.29, 1.82) is 0 Å². The summed E-state index contributed by atoms with van der Waals surface area (Å²) in [5.41, 5.74) is 1.34. The summed E-state index contributed by atoms with van der Waals surface area (Å²) < 4.78 is 0. The zero-order chi connectivity index (χ0) is 17.4. The van der Waals surface area contributed by atoms with Gasteiger partial charge in [0.2, 0.25) is 11.8 Å². The summed E-state index contributed by atoms with van der Waals surface area (Å²) in [7, 11) is 0. The highest BCUT2D eigenvalue weighted by molar-refractivity contribution is 5.91. The molecule has 2 aromatic rings. The molecule has 7 nitrogen and oxygen atoms in total. The molecule has 0 aromatic heterocycles. The van der Waals surface area contributed by atoms with Gasteiger partial charge in [0.15, 0.2) is 0 Å². The third-order valence-corrected chi connectivity index (χ3v) is 3.24. The molecule has 2 aromatic carbocycles. The fourth-order valence-electron chi connectivity index (χ4n) is 2.05. The second kappa shape index (κ2) is 8.42. The second-order valence-electron chi connectivity index (χ2n) is 5.11. The van der Waals surface area contributed by atoms with E-state index in [0.717, 1.165) is 5.56 Å². The quantitative estimate of drug-likeness (QED) is 0.601. The van der Waals surface area contributed by atoms with Gasteiger partial charge >= 0.3 is 0 Å². The van der Waals surface area contributed by atoms with E-state index >= 15 is 0 Å². The Kier molecular flexibility index (Phi) is 6.01. The highest BCUT2D eigenvalue weighted by Crippen LogP contribution is 2.15. The van der Waals surface area contributed by atoms with Crippen LogP contribution in [0, 0.1) is 10.1 Å². The Balaban J connectivity index is 1.71. The predicted octanol–water partition coefficient (Wildman–Crippen LogP) is 2.28. The lowest BCUT2D eigenvalue weighted by molar-refractivity contribution is -0.384. The van der Waals surface area contributed by atoms with E-state index < -0.39 is 4.92 Å². The molecule has 0 bridgehead atoms. The van der Waals surface area contributed by atoms with Gasteiger partial charge in [0.25, 0.3) is 5.69 Å². The van der Waals surface area contributed by atoms with E-state index in [1.807, 2.05) is 30.3 Å². The highest BCUT2D eigenvalue weighted by atomic mass is 16.6. The average Bonchev–Trinajstić information content (AvgIpc) is 2.56. The van der Waals surface area contributed by atoms with Crippen LogP contribution in [0.3, 0.4) is 0 Å². The average molecular weight is 327 g/mol. The molecule has 2 rings (SSSR count). The third kappa shape index (κ3) is 5.53. The van der Waals surface area contributed by atoms with Crippen LogP contribution in [-0.2, 0) is 16.0 Å². The minimum absolute atomic E-state index is 0.0406. The number of nitrogens with one attached hydrogen (secondary N) is 2. The number of anilines is 1. The summed E-state index contributed by atoms with van der Waals surface area (Å²) in [5.74, 6) is -0.423.